The van der Waals surface area contributed by atoms with Crippen LogP contribution in [-0.4, -0.2) is 48.1 Å². The minimum Gasteiger partial charge on any atom is -0.484 e. The van der Waals surface area contributed by atoms with Gasteiger partial charge in [0, 0.05) is 13.1 Å². The maximum Gasteiger partial charge on any atom is 0.321 e. The van der Waals surface area contributed by atoms with E-state index in [-0.39, 0.29) is 23.0 Å². The van der Waals surface area contributed by atoms with Crippen molar-refractivity contribution in [1.82, 2.24) is 4.90 Å². The zero-order valence-electron chi connectivity index (χ0n) is 12.0. The number of carbonyl (C=O) groups is 2. The lowest BCUT2D eigenvalue weighted by molar-refractivity contribution is -0.141. The van der Waals surface area contributed by atoms with Crippen molar-refractivity contribution < 1.29 is 28.2 Å². The monoisotopic (exact) mass is 348 g/mol. The number of likely N-dealkylation sites (tertiary alicyclic amines) is 1. The molecule has 1 aromatic carbocycles. The lowest BCUT2D eigenvalue weighted by atomic mass is 10.1. The number of hydrogen-bond acceptors (Lipinski definition) is 3. The SMILES string of the molecule is O=C(O)C1CCN(C(=O)Nc2cccc(Cl)c2OCC(F)F)C1. The Morgan fingerprint density at radius 2 is 2.22 bits per heavy atom. The summed E-state index contributed by atoms with van der Waals surface area (Å²) in [6.07, 6.45) is -2.31. The molecule has 6 nitrogen and oxygen atoms in total. The van der Waals surface area contributed by atoms with E-state index < -0.39 is 31.0 Å². The maximum absolute atomic E-state index is 12.3. The Labute approximate surface area is 136 Å². The van der Waals surface area contributed by atoms with Crippen LogP contribution in [0, 0.1) is 5.92 Å². The molecule has 0 bridgehead atoms. The van der Waals surface area contributed by atoms with Crippen molar-refractivity contribution in [3.05, 3.63) is 23.2 Å². The molecule has 2 N–H and O–H groups in total. The van der Waals surface area contributed by atoms with Crippen molar-refractivity contribution >= 4 is 29.3 Å². The molecule has 9 heteroatoms. The fraction of sp³-hybridized carbons (Fsp3) is 0.429. The van der Waals surface area contributed by atoms with E-state index in [0.29, 0.717) is 13.0 Å². The minimum atomic E-state index is -2.68. The number of nitrogens with one attached hydrogen (secondary N) is 1. The number of aliphatic carboxylic acids is 1. The van der Waals surface area contributed by atoms with E-state index in [0.717, 1.165) is 0 Å². The van der Waals surface area contributed by atoms with E-state index in [2.05, 4.69) is 5.32 Å². The molecule has 1 aliphatic rings. The second kappa shape index (κ2) is 7.45. The molecule has 1 atom stereocenters. The molecule has 2 rings (SSSR count). The van der Waals surface area contributed by atoms with Gasteiger partial charge in [-0.3, -0.25) is 4.79 Å². The first-order valence-electron chi connectivity index (χ1n) is 6.86. The molecular weight excluding hydrogens is 334 g/mol. The number of alkyl halides is 2. The van der Waals surface area contributed by atoms with E-state index in [1.165, 1.54) is 23.1 Å². The fourth-order valence-electron chi connectivity index (χ4n) is 2.24. The van der Waals surface area contributed by atoms with Gasteiger partial charge in [0.15, 0.2) is 5.75 Å². The van der Waals surface area contributed by atoms with Gasteiger partial charge in [-0.25, -0.2) is 13.6 Å². The van der Waals surface area contributed by atoms with Crippen molar-refractivity contribution in [3.8, 4) is 5.75 Å². The van der Waals surface area contributed by atoms with Crippen molar-refractivity contribution in [2.24, 2.45) is 5.92 Å². The first-order chi connectivity index (χ1) is 10.9. The number of para-hydroxylation sites is 1. The molecule has 23 heavy (non-hydrogen) atoms. The Balaban J connectivity index is 2.06. The number of rotatable bonds is 5. The summed E-state index contributed by atoms with van der Waals surface area (Å²) in [6, 6.07) is 3.93. The van der Waals surface area contributed by atoms with Crippen molar-refractivity contribution in [2.45, 2.75) is 12.8 Å². The summed E-state index contributed by atoms with van der Waals surface area (Å²) in [5.74, 6) is -1.60. The Kier molecular flexibility index (Phi) is 5.59. The van der Waals surface area contributed by atoms with Crippen LogP contribution in [0.1, 0.15) is 6.42 Å². The quantitative estimate of drug-likeness (QED) is 0.857. The first kappa shape index (κ1) is 17.3. The highest BCUT2D eigenvalue weighted by atomic mass is 35.5. The summed E-state index contributed by atoms with van der Waals surface area (Å²) in [7, 11) is 0. The molecule has 1 aromatic rings. The number of carboxylic acids is 1. The number of halogens is 3. The topological polar surface area (TPSA) is 78.9 Å². The average Bonchev–Trinajstić information content (AvgIpc) is 2.96. The standard InChI is InChI=1S/C14H15ClF2N2O4/c15-9-2-1-3-10(12(9)23-7-11(16)17)18-14(22)19-5-4-8(6-19)13(20)21/h1-3,8,11H,4-7H2,(H,18,22)(H,20,21). The normalized spacial score (nSPS) is 17.4. The molecule has 0 saturated carbocycles. The van der Waals surface area contributed by atoms with Crippen molar-refractivity contribution in [2.75, 3.05) is 25.0 Å². The van der Waals surface area contributed by atoms with Gasteiger partial charge in [-0.2, -0.15) is 0 Å². The molecule has 1 aliphatic heterocycles. The van der Waals surface area contributed by atoms with E-state index in [1.807, 2.05) is 0 Å². The highest BCUT2D eigenvalue weighted by molar-refractivity contribution is 6.32. The molecule has 0 aromatic heterocycles. The number of benzene rings is 1. The number of urea groups is 1. The zero-order chi connectivity index (χ0) is 17.0. The van der Waals surface area contributed by atoms with Gasteiger partial charge in [0.25, 0.3) is 6.43 Å². The van der Waals surface area contributed by atoms with Crippen molar-refractivity contribution in [3.63, 3.8) is 0 Å². The Morgan fingerprint density at radius 3 is 2.83 bits per heavy atom. The van der Waals surface area contributed by atoms with Gasteiger partial charge in [-0.1, -0.05) is 17.7 Å². The van der Waals surface area contributed by atoms with Crippen LogP contribution in [0.2, 0.25) is 5.02 Å². The highest BCUT2D eigenvalue weighted by Crippen LogP contribution is 2.33. The summed E-state index contributed by atoms with van der Waals surface area (Å²) < 4.78 is 29.5. The van der Waals surface area contributed by atoms with Crippen LogP contribution < -0.4 is 10.1 Å². The van der Waals surface area contributed by atoms with Crippen molar-refractivity contribution in [1.29, 1.82) is 0 Å². The van der Waals surface area contributed by atoms with E-state index in [1.54, 1.807) is 0 Å². The fourth-order valence-corrected chi connectivity index (χ4v) is 2.47. The third-order valence-electron chi connectivity index (χ3n) is 3.39. The summed E-state index contributed by atoms with van der Waals surface area (Å²) >= 11 is 5.91. The number of anilines is 1. The van der Waals surface area contributed by atoms with Gasteiger partial charge in [-0.15, -0.1) is 0 Å². The molecular formula is C14H15ClF2N2O4. The van der Waals surface area contributed by atoms with E-state index >= 15 is 0 Å². The van der Waals surface area contributed by atoms with Crippen LogP contribution in [0.15, 0.2) is 18.2 Å². The molecule has 126 valence electrons. The lowest BCUT2D eigenvalue weighted by Crippen LogP contribution is -2.34. The van der Waals surface area contributed by atoms with Crippen LogP contribution >= 0.6 is 11.6 Å². The van der Waals surface area contributed by atoms with Gasteiger partial charge in [0.05, 0.1) is 16.6 Å². The number of hydrogen-bond donors (Lipinski definition) is 2. The van der Waals surface area contributed by atoms with Crippen LogP contribution in [0.5, 0.6) is 5.75 Å². The number of carboxylic acid groups (broad SMARTS) is 1. The summed E-state index contributed by atoms with van der Waals surface area (Å²) in [6.45, 7) is -0.455. The third kappa shape index (κ3) is 4.44. The largest absolute Gasteiger partial charge is 0.484 e. The van der Waals surface area contributed by atoms with Crippen LogP contribution in [0.3, 0.4) is 0 Å². The first-order valence-corrected chi connectivity index (χ1v) is 7.24. The predicted octanol–water partition coefficient (Wildman–Crippen LogP) is 2.92. The number of ether oxygens (including phenoxy) is 1. The molecule has 2 amide bonds. The van der Waals surface area contributed by atoms with Gasteiger partial charge >= 0.3 is 12.0 Å². The molecule has 1 unspecified atom stereocenters. The Morgan fingerprint density at radius 1 is 1.48 bits per heavy atom. The second-order valence-electron chi connectivity index (χ2n) is 5.02. The average molecular weight is 349 g/mol. The lowest BCUT2D eigenvalue weighted by Gasteiger charge is -2.19. The molecule has 1 saturated heterocycles. The van der Waals surface area contributed by atoms with E-state index in [9.17, 15) is 18.4 Å². The molecule has 0 aliphatic carbocycles. The number of nitrogens with zero attached hydrogens (tertiary/aromatic N) is 1. The predicted molar refractivity (Wildman–Crippen MR) is 79.3 cm³/mol. The third-order valence-corrected chi connectivity index (χ3v) is 3.68. The number of carbonyl (C=O) groups excluding carboxylic acids is 1. The van der Waals surface area contributed by atoms with Gasteiger partial charge in [-0.05, 0) is 18.6 Å². The Hall–Kier alpha value is -2.09. The van der Waals surface area contributed by atoms with Crippen LogP contribution in [0.4, 0.5) is 19.3 Å². The van der Waals surface area contributed by atoms with Crippen LogP contribution in [0.25, 0.3) is 0 Å². The number of amides is 2. The van der Waals surface area contributed by atoms with Gasteiger partial charge in [0.1, 0.15) is 6.61 Å². The molecule has 1 heterocycles. The van der Waals surface area contributed by atoms with Gasteiger partial charge < -0.3 is 20.1 Å². The summed E-state index contributed by atoms with van der Waals surface area (Å²) in [5, 5.41) is 11.5. The molecule has 1 fully saturated rings. The molecule has 0 radical (unpaired) electrons. The summed E-state index contributed by atoms with van der Waals surface area (Å²) in [5.41, 5.74) is 0.155. The van der Waals surface area contributed by atoms with Gasteiger partial charge in [0.2, 0.25) is 0 Å². The second-order valence-corrected chi connectivity index (χ2v) is 5.43. The van der Waals surface area contributed by atoms with E-state index in [4.69, 9.17) is 21.4 Å². The summed E-state index contributed by atoms with van der Waals surface area (Å²) in [4.78, 5) is 24.4. The smallest absolute Gasteiger partial charge is 0.321 e. The van der Waals surface area contributed by atoms with Crippen LogP contribution in [-0.2, 0) is 4.79 Å². The highest BCUT2D eigenvalue weighted by Gasteiger charge is 2.31. The maximum atomic E-state index is 12.3. The zero-order valence-corrected chi connectivity index (χ0v) is 12.7. The Bertz CT molecular complexity index is 600. The minimum absolute atomic E-state index is 0.0446. The molecule has 0 spiro atoms.